The molecule has 0 radical (unpaired) electrons. The van der Waals surface area contributed by atoms with Crippen molar-refractivity contribution in [2.75, 3.05) is 26.8 Å². The van der Waals surface area contributed by atoms with Crippen molar-refractivity contribution < 1.29 is 10.2 Å². The van der Waals surface area contributed by atoms with Crippen molar-refractivity contribution in [1.29, 1.82) is 0 Å². The fourth-order valence-electron chi connectivity index (χ4n) is 1.44. The number of rotatable bonds is 6. The van der Waals surface area contributed by atoms with Gasteiger partial charge in [0.25, 0.3) is 0 Å². The molecule has 1 rings (SSSR count). The van der Waals surface area contributed by atoms with E-state index in [1.807, 2.05) is 12.4 Å². The van der Waals surface area contributed by atoms with Crippen LogP contribution in [0.2, 0.25) is 0 Å². The minimum Gasteiger partial charge on any atom is -0.396 e. The molecule has 3 nitrogen and oxygen atoms in total. The summed E-state index contributed by atoms with van der Waals surface area (Å²) in [6.45, 7) is 2.16. The van der Waals surface area contributed by atoms with E-state index in [9.17, 15) is 0 Å². The van der Waals surface area contributed by atoms with Gasteiger partial charge >= 0.3 is 0 Å². The molecular weight excluding hydrogens is 234 g/mol. The first kappa shape index (κ1) is 14.2. The van der Waals surface area contributed by atoms with Crippen LogP contribution in [0.5, 0.6) is 0 Å². The van der Waals surface area contributed by atoms with Crippen LogP contribution in [-0.4, -0.2) is 41.9 Å². The average Bonchev–Trinajstić information content (AvgIpc) is 2.74. The molecule has 17 heavy (non-hydrogen) atoms. The van der Waals surface area contributed by atoms with Crippen molar-refractivity contribution in [1.82, 2.24) is 4.90 Å². The lowest BCUT2D eigenvalue weighted by Gasteiger charge is -2.14. The van der Waals surface area contributed by atoms with Gasteiger partial charge in [-0.25, -0.2) is 0 Å². The van der Waals surface area contributed by atoms with E-state index in [-0.39, 0.29) is 13.2 Å². The first-order valence-corrected chi connectivity index (χ1v) is 6.60. The first-order chi connectivity index (χ1) is 8.26. The van der Waals surface area contributed by atoms with E-state index >= 15 is 0 Å². The minimum absolute atomic E-state index is 0.119. The summed E-state index contributed by atoms with van der Waals surface area (Å²) in [5.41, 5.74) is 1.02. The average molecular weight is 253 g/mol. The fraction of sp³-hybridized carbons (Fsp3) is 0.538. The lowest BCUT2D eigenvalue weighted by atomic mass is 10.3. The van der Waals surface area contributed by atoms with Gasteiger partial charge in [0.15, 0.2) is 0 Å². The largest absolute Gasteiger partial charge is 0.396 e. The van der Waals surface area contributed by atoms with E-state index in [0.717, 1.165) is 25.1 Å². The Kier molecular flexibility index (Phi) is 6.90. The summed E-state index contributed by atoms with van der Waals surface area (Å²) in [5, 5.41) is 19.4. The molecule has 0 saturated carbocycles. The van der Waals surface area contributed by atoms with E-state index in [4.69, 9.17) is 10.2 Å². The third-order valence-electron chi connectivity index (χ3n) is 2.25. The Balaban J connectivity index is 2.43. The normalized spacial score (nSPS) is 10.4. The van der Waals surface area contributed by atoms with Crippen molar-refractivity contribution in [2.45, 2.75) is 19.4 Å². The summed E-state index contributed by atoms with van der Waals surface area (Å²) in [6, 6.07) is 2.09. The Labute approximate surface area is 107 Å². The number of nitrogens with zero attached hydrogens (tertiary/aromatic N) is 1. The number of hydrogen-bond donors (Lipinski definition) is 2. The summed E-state index contributed by atoms with van der Waals surface area (Å²) in [5.74, 6) is 5.94. The van der Waals surface area contributed by atoms with Gasteiger partial charge in [-0.1, -0.05) is 11.8 Å². The van der Waals surface area contributed by atoms with E-state index < -0.39 is 0 Å². The molecule has 0 bridgehead atoms. The zero-order valence-electron chi connectivity index (χ0n) is 10.1. The molecule has 0 aliphatic heterocycles. The molecule has 1 aromatic heterocycles. The highest BCUT2D eigenvalue weighted by Crippen LogP contribution is 2.15. The van der Waals surface area contributed by atoms with Gasteiger partial charge in [0, 0.05) is 41.9 Å². The van der Waals surface area contributed by atoms with Gasteiger partial charge in [0.05, 0.1) is 6.61 Å². The molecule has 4 heteroatoms. The molecule has 0 fully saturated rings. The Morgan fingerprint density at radius 2 is 2.18 bits per heavy atom. The molecule has 2 N–H and O–H groups in total. The van der Waals surface area contributed by atoms with Crippen LogP contribution in [0.15, 0.2) is 11.4 Å². The van der Waals surface area contributed by atoms with Gasteiger partial charge in [-0.2, -0.15) is 0 Å². The monoisotopic (exact) mass is 253 g/mol. The fourth-order valence-corrected chi connectivity index (χ4v) is 2.33. The zero-order chi connectivity index (χ0) is 12.5. The molecule has 0 spiro atoms. The highest BCUT2D eigenvalue weighted by atomic mass is 32.1. The van der Waals surface area contributed by atoms with Gasteiger partial charge in [0.1, 0.15) is 0 Å². The SMILES string of the molecule is CN(CCCO)Cc1cc(C#CCCO)cs1. The lowest BCUT2D eigenvalue weighted by Crippen LogP contribution is -2.19. The van der Waals surface area contributed by atoms with Crippen LogP contribution in [0.3, 0.4) is 0 Å². The highest BCUT2D eigenvalue weighted by Gasteiger charge is 2.02. The Morgan fingerprint density at radius 1 is 1.35 bits per heavy atom. The van der Waals surface area contributed by atoms with Crippen LogP contribution >= 0.6 is 11.3 Å². The van der Waals surface area contributed by atoms with Gasteiger partial charge in [-0.3, -0.25) is 0 Å². The molecule has 0 atom stereocenters. The Morgan fingerprint density at radius 3 is 2.88 bits per heavy atom. The molecular formula is C13H19NO2S. The summed E-state index contributed by atoms with van der Waals surface area (Å²) in [7, 11) is 2.05. The van der Waals surface area contributed by atoms with Crippen LogP contribution in [0.4, 0.5) is 0 Å². The topological polar surface area (TPSA) is 43.7 Å². The number of hydrogen-bond acceptors (Lipinski definition) is 4. The second-order valence-corrected chi connectivity index (χ2v) is 4.89. The standard InChI is InChI=1S/C13H19NO2S/c1-14(6-4-8-16)10-13-9-12(11-17-13)5-2-3-7-15/h9,11,15-16H,3-4,6-8,10H2,1H3. The molecule has 0 aliphatic rings. The third-order valence-corrected chi connectivity index (χ3v) is 3.17. The number of aliphatic hydroxyl groups excluding tert-OH is 2. The number of thiophene rings is 1. The molecule has 0 unspecified atom stereocenters. The van der Waals surface area contributed by atoms with E-state index in [0.29, 0.717) is 6.42 Å². The van der Waals surface area contributed by atoms with Crippen LogP contribution in [-0.2, 0) is 6.54 Å². The van der Waals surface area contributed by atoms with Crippen molar-refractivity contribution >= 4 is 11.3 Å². The van der Waals surface area contributed by atoms with Crippen LogP contribution in [0.25, 0.3) is 0 Å². The molecule has 1 aromatic rings. The number of aliphatic hydroxyl groups is 2. The van der Waals surface area contributed by atoms with Gasteiger partial charge in [-0.15, -0.1) is 11.3 Å². The van der Waals surface area contributed by atoms with Crippen molar-refractivity contribution in [3.05, 3.63) is 21.9 Å². The highest BCUT2D eigenvalue weighted by molar-refractivity contribution is 7.10. The molecule has 0 saturated heterocycles. The smallest absolute Gasteiger partial charge is 0.0540 e. The molecule has 1 heterocycles. The predicted octanol–water partition coefficient (Wildman–Crippen LogP) is 1.30. The maximum Gasteiger partial charge on any atom is 0.0540 e. The Hall–Kier alpha value is -0.860. The first-order valence-electron chi connectivity index (χ1n) is 5.73. The summed E-state index contributed by atoms with van der Waals surface area (Å²) in [4.78, 5) is 3.46. The second kappa shape index (κ2) is 8.26. The molecule has 0 amide bonds. The van der Waals surface area contributed by atoms with Crippen LogP contribution in [0, 0.1) is 11.8 Å². The minimum atomic E-state index is 0.119. The summed E-state index contributed by atoms with van der Waals surface area (Å²) >= 11 is 1.70. The van der Waals surface area contributed by atoms with Gasteiger partial charge < -0.3 is 15.1 Å². The quantitative estimate of drug-likeness (QED) is 0.751. The Bertz CT molecular complexity index is 378. The second-order valence-electron chi connectivity index (χ2n) is 3.89. The molecule has 0 aliphatic carbocycles. The van der Waals surface area contributed by atoms with Gasteiger partial charge in [0.2, 0.25) is 0 Å². The van der Waals surface area contributed by atoms with E-state index in [1.54, 1.807) is 11.3 Å². The van der Waals surface area contributed by atoms with Crippen LogP contribution in [0.1, 0.15) is 23.3 Å². The van der Waals surface area contributed by atoms with Crippen molar-refractivity contribution in [3.8, 4) is 11.8 Å². The van der Waals surface area contributed by atoms with E-state index in [1.165, 1.54) is 4.88 Å². The maximum atomic E-state index is 8.74. The van der Waals surface area contributed by atoms with Crippen molar-refractivity contribution in [3.63, 3.8) is 0 Å². The predicted molar refractivity (Wildman–Crippen MR) is 70.9 cm³/mol. The van der Waals surface area contributed by atoms with E-state index in [2.05, 4.69) is 22.8 Å². The maximum absolute atomic E-state index is 8.74. The van der Waals surface area contributed by atoms with Crippen LogP contribution < -0.4 is 0 Å². The summed E-state index contributed by atoms with van der Waals surface area (Å²) in [6.07, 6.45) is 1.34. The summed E-state index contributed by atoms with van der Waals surface area (Å²) < 4.78 is 0. The molecule has 94 valence electrons. The third kappa shape index (κ3) is 5.85. The lowest BCUT2D eigenvalue weighted by molar-refractivity contribution is 0.245. The van der Waals surface area contributed by atoms with Crippen molar-refractivity contribution in [2.24, 2.45) is 0 Å². The van der Waals surface area contributed by atoms with Gasteiger partial charge in [-0.05, 0) is 19.5 Å². The molecule has 0 aromatic carbocycles. The zero-order valence-corrected chi connectivity index (χ0v) is 11.0.